The summed E-state index contributed by atoms with van der Waals surface area (Å²) in [6.07, 6.45) is 3.50. The molecule has 2 aromatic heterocycles. The van der Waals surface area contributed by atoms with Crippen molar-refractivity contribution < 1.29 is 8.78 Å². The minimum atomic E-state index is -0.605. The van der Waals surface area contributed by atoms with Gasteiger partial charge in [0.15, 0.2) is 0 Å². The minimum Gasteiger partial charge on any atom is -0.341 e. The molecule has 30 heavy (non-hydrogen) atoms. The lowest BCUT2D eigenvalue weighted by Crippen LogP contribution is -2.40. The van der Waals surface area contributed by atoms with E-state index in [1.165, 1.54) is 18.2 Å². The number of halogens is 2. The van der Waals surface area contributed by atoms with Crippen molar-refractivity contribution in [2.24, 2.45) is 5.73 Å². The Balaban J connectivity index is 1.56. The highest BCUT2D eigenvalue weighted by Crippen LogP contribution is 2.32. The van der Waals surface area contributed by atoms with Crippen LogP contribution < -0.4 is 10.6 Å². The molecule has 1 fully saturated rings. The molecule has 3 heterocycles. The summed E-state index contributed by atoms with van der Waals surface area (Å²) in [5, 5.41) is 8.11. The molecule has 1 saturated heterocycles. The second kappa shape index (κ2) is 7.46. The van der Waals surface area contributed by atoms with Gasteiger partial charge in [-0.15, -0.1) is 0 Å². The highest BCUT2D eigenvalue weighted by atomic mass is 19.1. The van der Waals surface area contributed by atoms with Gasteiger partial charge in [-0.05, 0) is 48.7 Å². The van der Waals surface area contributed by atoms with Crippen molar-refractivity contribution in [1.29, 1.82) is 0 Å². The second-order valence-electron chi connectivity index (χ2n) is 7.50. The van der Waals surface area contributed by atoms with Crippen LogP contribution in [0.2, 0.25) is 0 Å². The van der Waals surface area contributed by atoms with E-state index in [9.17, 15) is 8.78 Å². The van der Waals surface area contributed by atoms with Crippen molar-refractivity contribution in [2.45, 2.75) is 18.9 Å². The van der Waals surface area contributed by atoms with E-state index in [0.29, 0.717) is 22.9 Å². The number of aromatic amines is 1. The topological polar surface area (TPSA) is 83.7 Å². The van der Waals surface area contributed by atoms with Crippen molar-refractivity contribution in [3.05, 3.63) is 60.3 Å². The largest absolute Gasteiger partial charge is 0.341 e. The average Bonchev–Trinajstić information content (AvgIpc) is 3.18. The van der Waals surface area contributed by atoms with Gasteiger partial charge in [0, 0.05) is 30.7 Å². The van der Waals surface area contributed by atoms with E-state index < -0.39 is 11.6 Å². The SMILES string of the molecule is NC1CCN(c2nccc(-c3n[nH]c4ccc(-c5c(F)cccc5F)cc34)n2)CC1. The maximum absolute atomic E-state index is 14.3. The number of aromatic nitrogens is 4. The maximum Gasteiger partial charge on any atom is 0.225 e. The molecule has 0 unspecified atom stereocenters. The van der Waals surface area contributed by atoms with Crippen molar-refractivity contribution >= 4 is 16.9 Å². The van der Waals surface area contributed by atoms with Crippen molar-refractivity contribution in [1.82, 2.24) is 20.2 Å². The predicted octanol–water partition coefficient (Wildman–Crippen LogP) is 3.89. The van der Waals surface area contributed by atoms with Crippen LogP contribution in [0.25, 0.3) is 33.4 Å². The Hall–Kier alpha value is -3.39. The Morgan fingerprint density at radius 1 is 1.03 bits per heavy atom. The van der Waals surface area contributed by atoms with Gasteiger partial charge in [0.2, 0.25) is 5.95 Å². The summed E-state index contributed by atoms with van der Waals surface area (Å²) < 4.78 is 28.5. The molecule has 0 bridgehead atoms. The molecule has 1 aliphatic heterocycles. The van der Waals surface area contributed by atoms with E-state index in [2.05, 4.69) is 20.1 Å². The van der Waals surface area contributed by atoms with Crippen LogP contribution in [0.5, 0.6) is 0 Å². The molecule has 5 rings (SSSR count). The van der Waals surface area contributed by atoms with Crippen LogP contribution >= 0.6 is 0 Å². The Morgan fingerprint density at radius 3 is 2.57 bits per heavy atom. The number of fused-ring (bicyclic) bond motifs is 1. The first-order valence-corrected chi connectivity index (χ1v) is 9.86. The molecule has 0 atom stereocenters. The van der Waals surface area contributed by atoms with Gasteiger partial charge in [-0.1, -0.05) is 12.1 Å². The third-order valence-corrected chi connectivity index (χ3v) is 5.52. The third-order valence-electron chi connectivity index (χ3n) is 5.52. The normalized spacial score (nSPS) is 15.1. The first-order chi connectivity index (χ1) is 14.6. The van der Waals surface area contributed by atoms with Crippen molar-refractivity contribution in [3.8, 4) is 22.5 Å². The van der Waals surface area contributed by atoms with Crippen LogP contribution in [-0.2, 0) is 0 Å². The number of piperidine rings is 1. The van der Waals surface area contributed by atoms with Crippen LogP contribution in [0.1, 0.15) is 12.8 Å². The summed E-state index contributed by atoms with van der Waals surface area (Å²) in [6.45, 7) is 1.62. The summed E-state index contributed by atoms with van der Waals surface area (Å²) in [6, 6.07) is 11.0. The van der Waals surface area contributed by atoms with Crippen molar-refractivity contribution in [2.75, 3.05) is 18.0 Å². The molecule has 8 heteroatoms. The van der Waals surface area contributed by atoms with Crippen LogP contribution in [0, 0.1) is 11.6 Å². The summed E-state index contributed by atoms with van der Waals surface area (Å²) in [5.74, 6) is -0.578. The van der Waals surface area contributed by atoms with Gasteiger partial charge in [0.25, 0.3) is 0 Å². The van der Waals surface area contributed by atoms with E-state index in [1.54, 1.807) is 30.5 Å². The zero-order valence-electron chi connectivity index (χ0n) is 16.1. The fourth-order valence-corrected chi connectivity index (χ4v) is 3.87. The van der Waals surface area contributed by atoms with Crippen LogP contribution in [-0.4, -0.2) is 39.3 Å². The molecule has 0 spiro atoms. The number of nitrogens with two attached hydrogens (primary N) is 1. The van der Waals surface area contributed by atoms with Crippen molar-refractivity contribution in [3.63, 3.8) is 0 Å². The molecule has 0 saturated carbocycles. The third kappa shape index (κ3) is 3.29. The Labute approximate surface area is 171 Å². The smallest absolute Gasteiger partial charge is 0.225 e. The van der Waals surface area contributed by atoms with E-state index >= 15 is 0 Å². The van der Waals surface area contributed by atoms with Gasteiger partial charge < -0.3 is 10.6 Å². The highest BCUT2D eigenvalue weighted by Gasteiger charge is 2.20. The molecule has 2 aromatic carbocycles. The molecule has 0 radical (unpaired) electrons. The number of H-pyrrole nitrogens is 1. The summed E-state index contributed by atoms with van der Waals surface area (Å²) in [4.78, 5) is 11.2. The number of hydrogen-bond donors (Lipinski definition) is 2. The Kier molecular flexibility index (Phi) is 4.63. The number of hydrogen-bond acceptors (Lipinski definition) is 5. The lowest BCUT2D eigenvalue weighted by molar-refractivity contribution is 0.495. The predicted molar refractivity (Wildman–Crippen MR) is 112 cm³/mol. The minimum absolute atomic E-state index is 0.0559. The molecule has 6 nitrogen and oxygen atoms in total. The molecule has 0 aliphatic carbocycles. The van der Waals surface area contributed by atoms with Crippen LogP contribution in [0.15, 0.2) is 48.7 Å². The zero-order valence-corrected chi connectivity index (χ0v) is 16.1. The molecule has 1 aliphatic rings. The van der Waals surface area contributed by atoms with Gasteiger partial charge in [0.05, 0.1) is 16.8 Å². The monoisotopic (exact) mass is 406 g/mol. The molecular formula is C22H20F2N6. The van der Waals surface area contributed by atoms with Gasteiger partial charge in [-0.2, -0.15) is 5.10 Å². The zero-order chi connectivity index (χ0) is 20.7. The van der Waals surface area contributed by atoms with Gasteiger partial charge in [0.1, 0.15) is 17.3 Å². The summed E-state index contributed by atoms with van der Waals surface area (Å²) >= 11 is 0. The fourth-order valence-electron chi connectivity index (χ4n) is 3.87. The molecule has 4 aromatic rings. The van der Waals surface area contributed by atoms with Crippen LogP contribution in [0.3, 0.4) is 0 Å². The summed E-state index contributed by atoms with van der Waals surface area (Å²) in [5.41, 5.74) is 8.40. The molecule has 3 N–H and O–H groups in total. The number of nitrogens with one attached hydrogen (secondary N) is 1. The quantitative estimate of drug-likeness (QED) is 0.539. The molecule has 152 valence electrons. The van der Waals surface area contributed by atoms with Gasteiger partial charge in [-0.25, -0.2) is 18.7 Å². The number of nitrogens with zero attached hydrogens (tertiary/aromatic N) is 4. The van der Waals surface area contributed by atoms with Gasteiger partial charge >= 0.3 is 0 Å². The van der Waals surface area contributed by atoms with E-state index in [4.69, 9.17) is 10.7 Å². The first kappa shape index (κ1) is 18.6. The number of rotatable bonds is 3. The van der Waals surface area contributed by atoms with E-state index in [-0.39, 0.29) is 11.6 Å². The second-order valence-corrected chi connectivity index (χ2v) is 7.50. The number of anilines is 1. The lowest BCUT2D eigenvalue weighted by atomic mass is 10.0. The Morgan fingerprint density at radius 2 is 1.80 bits per heavy atom. The van der Waals surface area contributed by atoms with Crippen LogP contribution in [0.4, 0.5) is 14.7 Å². The first-order valence-electron chi connectivity index (χ1n) is 9.86. The fraction of sp³-hybridized carbons (Fsp3) is 0.227. The summed E-state index contributed by atoms with van der Waals surface area (Å²) in [7, 11) is 0. The van der Waals surface area contributed by atoms with E-state index in [0.717, 1.165) is 36.8 Å². The van der Waals surface area contributed by atoms with E-state index in [1.807, 2.05) is 0 Å². The molecular weight excluding hydrogens is 386 g/mol. The standard InChI is InChI=1S/C22H20F2N6/c23-16-2-1-3-17(24)20(16)13-4-5-18-15(12-13)21(29-28-18)19-6-9-26-22(27-19)30-10-7-14(25)8-11-30/h1-6,9,12,14H,7-8,10-11,25H2,(H,28,29). The Bertz CT molecular complexity index is 1190. The number of benzene rings is 2. The highest BCUT2D eigenvalue weighted by molar-refractivity contribution is 5.95. The van der Waals surface area contributed by atoms with Gasteiger partial charge in [-0.3, -0.25) is 5.10 Å². The molecule has 0 amide bonds. The maximum atomic E-state index is 14.3. The average molecular weight is 406 g/mol. The lowest BCUT2D eigenvalue weighted by Gasteiger charge is -2.30.